The first-order valence-corrected chi connectivity index (χ1v) is 7.20. The molecule has 0 aromatic rings. The molecular formula is C15H24O4. The zero-order valence-corrected chi connectivity index (χ0v) is 11.9. The van der Waals surface area contributed by atoms with Crippen LogP contribution in [0.25, 0.3) is 0 Å². The topological polar surface area (TPSA) is 63.6 Å². The number of hydrogen-bond donors (Lipinski definition) is 1. The van der Waals surface area contributed by atoms with E-state index in [-0.39, 0.29) is 24.2 Å². The summed E-state index contributed by atoms with van der Waals surface area (Å²) in [5, 5.41) is 9.97. The van der Waals surface area contributed by atoms with Crippen LogP contribution in [0.1, 0.15) is 52.4 Å². The minimum Gasteiger partial charge on any atom is -0.512 e. The van der Waals surface area contributed by atoms with Gasteiger partial charge in [0.25, 0.3) is 0 Å². The van der Waals surface area contributed by atoms with Crippen molar-refractivity contribution >= 4 is 12.3 Å². The molecular weight excluding hydrogens is 244 g/mol. The number of aldehydes is 1. The van der Waals surface area contributed by atoms with E-state index >= 15 is 0 Å². The Bertz CT molecular complexity index is 346. The molecule has 1 unspecified atom stereocenters. The van der Waals surface area contributed by atoms with Gasteiger partial charge in [0.1, 0.15) is 12.0 Å². The van der Waals surface area contributed by atoms with E-state index in [4.69, 9.17) is 4.74 Å². The first-order chi connectivity index (χ1) is 9.15. The van der Waals surface area contributed by atoms with Crippen molar-refractivity contribution in [2.45, 2.75) is 52.4 Å². The Morgan fingerprint density at radius 2 is 2.26 bits per heavy atom. The monoisotopic (exact) mass is 268 g/mol. The molecule has 1 aliphatic rings. The number of esters is 1. The molecule has 0 saturated heterocycles. The maximum atomic E-state index is 12.0. The number of allylic oxidation sites excluding steroid dienone is 1. The van der Waals surface area contributed by atoms with Crippen molar-refractivity contribution in [1.82, 2.24) is 0 Å². The zero-order valence-electron chi connectivity index (χ0n) is 11.9. The summed E-state index contributed by atoms with van der Waals surface area (Å²) in [5.74, 6) is -0.732. The number of rotatable bonds is 7. The third kappa shape index (κ3) is 4.08. The average molecular weight is 268 g/mol. The number of aliphatic hydroxyl groups excluding tert-OH is 1. The smallest absolute Gasteiger partial charge is 0.337 e. The van der Waals surface area contributed by atoms with E-state index in [9.17, 15) is 14.7 Å². The second kappa shape index (κ2) is 7.97. The fraction of sp³-hybridized carbons (Fsp3) is 0.733. The van der Waals surface area contributed by atoms with E-state index < -0.39 is 5.97 Å². The number of hydrogen-bond acceptors (Lipinski definition) is 4. The third-order valence-corrected chi connectivity index (χ3v) is 3.69. The molecule has 108 valence electrons. The van der Waals surface area contributed by atoms with Crippen molar-refractivity contribution in [3.63, 3.8) is 0 Å². The Morgan fingerprint density at radius 3 is 2.84 bits per heavy atom. The molecule has 0 bridgehead atoms. The summed E-state index contributed by atoms with van der Waals surface area (Å²) in [6, 6.07) is 0. The first-order valence-electron chi connectivity index (χ1n) is 7.20. The van der Waals surface area contributed by atoms with E-state index in [1.165, 1.54) is 0 Å². The molecule has 0 fully saturated rings. The minimum atomic E-state index is -0.465. The summed E-state index contributed by atoms with van der Waals surface area (Å²) in [5.41, 5.74) is 0.335. The average Bonchev–Trinajstić information content (AvgIpc) is 2.40. The van der Waals surface area contributed by atoms with Gasteiger partial charge >= 0.3 is 5.97 Å². The Morgan fingerprint density at radius 1 is 1.53 bits per heavy atom. The Kier molecular flexibility index (Phi) is 6.60. The van der Waals surface area contributed by atoms with Crippen molar-refractivity contribution < 1.29 is 19.4 Å². The number of aliphatic hydroxyl groups is 1. The Balaban J connectivity index is 2.91. The second-order valence-electron chi connectivity index (χ2n) is 5.02. The molecule has 4 nitrogen and oxygen atoms in total. The van der Waals surface area contributed by atoms with Gasteiger partial charge in [-0.2, -0.15) is 0 Å². The molecule has 2 atom stereocenters. The summed E-state index contributed by atoms with van der Waals surface area (Å²) in [6.07, 6.45) is 5.75. The Hall–Kier alpha value is -1.32. The maximum absolute atomic E-state index is 12.0. The molecule has 1 rings (SSSR count). The lowest BCUT2D eigenvalue weighted by atomic mass is 9.76. The van der Waals surface area contributed by atoms with Crippen LogP contribution in [-0.4, -0.2) is 24.0 Å². The van der Waals surface area contributed by atoms with E-state index in [0.717, 1.165) is 38.4 Å². The fourth-order valence-electron chi connectivity index (χ4n) is 2.69. The highest BCUT2D eigenvalue weighted by Crippen LogP contribution is 2.36. The highest BCUT2D eigenvalue weighted by Gasteiger charge is 2.34. The number of ether oxygens (including phenoxy) is 1. The number of unbranched alkanes of at least 4 members (excludes halogenated alkanes) is 1. The van der Waals surface area contributed by atoms with Crippen molar-refractivity contribution in [2.24, 2.45) is 11.8 Å². The molecule has 0 spiro atoms. The maximum Gasteiger partial charge on any atom is 0.337 e. The first kappa shape index (κ1) is 15.7. The Labute approximate surface area is 114 Å². The van der Waals surface area contributed by atoms with E-state index in [1.54, 1.807) is 6.92 Å². The number of carbonyl (C=O) groups excluding carboxylic acids is 2. The van der Waals surface area contributed by atoms with Crippen LogP contribution in [0.3, 0.4) is 0 Å². The number of carbonyl (C=O) groups is 2. The van der Waals surface area contributed by atoms with Crippen LogP contribution in [0.4, 0.5) is 0 Å². The fourth-order valence-corrected chi connectivity index (χ4v) is 2.69. The van der Waals surface area contributed by atoms with Crippen LogP contribution in [0.2, 0.25) is 0 Å². The van der Waals surface area contributed by atoms with Gasteiger partial charge in [0.2, 0.25) is 0 Å². The van der Waals surface area contributed by atoms with Gasteiger partial charge < -0.3 is 14.6 Å². The van der Waals surface area contributed by atoms with Gasteiger partial charge in [0.15, 0.2) is 0 Å². The van der Waals surface area contributed by atoms with Crippen LogP contribution in [-0.2, 0) is 14.3 Å². The van der Waals surface area contributed by atoms with Crippen molar-refractivity contribution in [1.29, 1.82) is 0 Å². The highest BCUT2D eigenvalue weighted by atomic mass is 16.5. The molecule has 0 amide bonds. The van der Waals surface area contributed by atoms with Crippen LogP contribution in [0.15, 0.2) is 11.3 Å². The van der Waals surface area contributed by atoms with E-state index in [1.807, 2.05) is 0 Å². The lowest BCUT2D eigenvalue weighted by Gasteiger charge is -2.28. The lowest BCUT2D eigenvalue weighted by molar-refractivity contribution is -0.139. The van der Waals surface area contributed by atoms with Gasteiger partial charge in [-0.15, -0.1) is 0 Å². The predicted molar refractivity (Wildman–Crippen MR) is 72.7 cm³/mol. The van der Waals surface area contributed by atoms with E-state index in [2.05, 4.69) is 6.92 Å². The molecule has 1 N–H and O–H groups in total. The van der Waals surface area contributed by atoms with Crippen molar-refractivity contribution in [2.75, 3.05) is 6.61 Å². The lowest BCUT2D eigenvalue weighted by Crippen LogP contribution is -2.28. The predicted octanol–water partition coefficient (Wildman–Crippen LogP) is 3.17. The van der Waals surface area contributed by atoms with Gasteiger partial charge in [0, 0.05) is 18.3 Å². The SMILES string of the molecule is CCCC[C@@H](C=O)C1CCCC(O)=C1C(=O)OCC. The molecule has 0 aromatic heterocycles. The normalized spacial score (nSPS) is 21.1. The van der Waals surface area contributed by atoms with Gasteiger partial charge in [-0.1, -0.05) is 19.8 Å². The van der Waals surface area contributed by atoms with Gasteiger partial charge in [-0.3, -0.25) is 0 Å². The minimum absolute atomic E-state index is 0.109. The molecule has 0 aromatic carbocycles. The van der Waals surface area contributed by atoms with Crippen molar-refractivity contribution in [3.05, 3.63) is 11.3 Å². The van der Waals surface area contributed by atoms with Crippen LogP contribution in [0, 0.1) is 11.8 Å². The summed E-state index contributed by atoms with van der Waals surface area (Å²) < 4.78 is 5.01. The van der Waals surface area contributed by atoms with Crippen LogP contribution in [0.5, 0.6) is 0 Å². The summed E-state index contributed by atoms with van der Waals surface area (Å²) in [7, 11) is 0. The van der Waals surface area contributed by atoms with Crippen LogP contribution < -0.4 is 0 Å². The molecule has 0 heterocycles. The molecule has 0 aliphatic heterocycles. The zero-order chi connectivity index (χ0) is 14.3. The molecule has 0 radical (unpaired) electrons. The molecule has 4 heteroatoms. The van der Waals surface area contributed by atoms with Gasteiger partial charge in [-0.25, -0.2) is 4.79 Å². The van der Waals surface area contributed by atoms with E-state index in [0.29, 0.717) is 12.0 Å². The van der Waals surface area contributed by atoms with Crippen molar-refractivity contribution in [3.8, 4) is 0 Å². The summed E-state index contributed by atoms with van der Waals surface area (Å²) in [6.45, 7) is 4.09. The largest absolute Gasteiger partial charge is 0.512 e. The molecule has 1 aliphatic carbocycles. The van der Waals surface area contributed by atoms with Gasteiger partial charge in [0.05, 0.1) is 12.2 Å². The molecule has 0 saturated carbocycles. The molecule has 19 heavy (non-hydrogen) atoms. The van der Waals surface area contributed by atoms with Crippen LogP contribution >= 0.6 is 0 Å². The quantitative estimate of drug-likeness (QED) is 0.569. The standard InChI is InChI=1S/C15H24O4/c1-3-5-7-11(10-16)12-8-6-9-13(17)14(12)15(18)19-4-2/h10-12,17H,3-9H2,1-2H3/t11-,12?/m0/s1. The summed E-state index contributed by atoms with van der Waals surface area (Å²) in [4.78, 5) is 23.2. The summed E-state index contributed by atoms with van der Waals surface area (Å²) >= 11 is 0. The third-order valence-electron chi connectivity index (χ3n) is 3.69. The second-order valence-corrected chi connectivity index (χ2v) is 5.02. The highest BCUT2D eigenvalue weighted by molar-refractivity contribution is 5.90. The van der Waals surface area contributed by atoms with Gasteiger partial charge in [-0.05, 0) is 26.2 Å².